The molecule has 0 atom stereocenters. The van der Waals surface area contributed by atoms with Gasteiger partial charge in [-0.05, 0) is 12.1 Å². The molecule has 0 saturated carbocycles. The van der Waals surface area contributed by atoms with Gasteiger partial charge in [0, 0.05) is 52.1 Å². The van der Waals surface area contributed by atoms with Crippen molar-refractivity contribution in [3.05, 3.63) is 43.0 Å². The summed E-state index contributed by atoms with van der Waals surface area (Å²) in [6, 6.07) is 5.87. The largest absolute Gasteiger partial charge is 0.382 e. The van der Waals surface area contributed by atoms with Crippen molar-refractivity contribution in [3.8, 4) is 23.0 Å². The first-order valence-corrected chi connectivity index (χ1v) is 12.1. The average Bonchev–Trinajstić information content (AvgIpc) is 3.57. The minimum Gasteiger partial charge on any atom is -0.382 e. The number of aromatic nitrogens is 5. The molecular weight excluding hydrogens is 466 g/mol. The number of methoxy groups -OCH3 is 2. The molecule has 11 nitrogen and oxygen atoms in total. The van der Waals surface area contributed by atoms with Crippen LogP contribution in [-0.4, -0.2) is 104 Å². The molecule has 0 saturated heterocycles. The molecule has 11 heteroatoms. The van der Waals surface area contributed by atoms with E-state index >= 15 is 0 Å². The summed E-state index contributed by atoms with van der Waals surface area (Å²) in [5.41, 5.74) is 1.55. The lowest BCUT2D eigenvalue weighted by Gasteiger charge is -2.11. The minimum absolute atomic E-state index is 0.536. The first-order valence-electron chi connectivity index (χ1n) is 12.1. The van der Waals surface area contributed by atoms with Crippen molar-refractivity contribution in [2.75, 3.05) is 80.3 Å². The lowest BCUT2D eigenvalue weighted by molar-refractivity contribution is 0.0231. The molecule has 0 N–H and O–H groups in total. The van der Waals surface area contributed by atoms with Crippen molar-refractivity contribution in [1.29, 1.82) is 0 Å². The maximum atomic E-state index is 5.68. The van der Waals surface area contributed by atoms with Crippen LogP contribution in [0.5, 0.6) is 0 Å². The van der Waals surface area contributed by atoms with Crippen molar-refractivity contribution in [2.45, 2.75) is 13.1 Å². The third kappa shape index (κ3) is 9.41. The number of imidazole rings is 2. The lowest BCUT2D eigenvalue weighted by atomic mass is 10.2. The molecule has 0 amide bonds. The van der Waals surface area contributed by atoms with Crippen LogP contribution in [-0.2, 0) is 41.5 Å². The molecule has 3 aromatic rings. The second kappa shape index (κ2) is 16.9. The van der Waals surface area contributed by atoms with Gasteiger partial charge in [0.1, 0.15) is 11.4 Å². The van der Waals surface area contributed by atoms with Gasteiger partial charge in [-0.2, -0.15) is 0 Å². The Morgan fingerprint density at radius 3 is 1.44 bits per heavy atom. The summed E-state index contributed by atoms with van der Waals surface area (Å²) in [4.78, 5) is 13.9. The second-order valence-electron chi connectivity index (χ2n) is 7.73. The van der Waals surface area contributed by atoms with Gasteiger partial charge >= 0.3 is 0 Å². The van der Waals surface area contributed by atoms with E-state index in [1.807, 2.05) is 39.7 Å². The number of pyridine rings is 1. The van der Waals surface area contributed by atoms with E-state index in [-0.39, 0.29) is 0 Å². The Hall–Kier alpha value is -2.67. The summed E-state index contributed by atoms with van der Waals surface area (Å²) in [5.74, 6) is 1.57. The van der Waals surface area contributed by atoms with Crippen LogP contribution in [0.1, 0.15) is 0 Å². The molecule has 0 aliphatic carbocycles. The molecule has 0 aromatic carbocycles. The van der Waals surface area contributed by atoms with Gasteiger partial charge in [-0.15, -0.1) is 0 Å². The predicted octanol–water partition coefficient (Wildman–Crippen LogP) is 2.17. The number of nitrogens with zero attached hydrogens (tertiary/aromatic N) is 5. The van der Waals surface area contributed by atoms with Gasteiger partial charge in [0.25, 0.3) is 0 Å². The summed E-state index contributed by atoms with van der Waals surface area (Å²) in [6.07, 6.45) is 7.41. The zero-order valence-corrected chi connectivity index (χ0v) is 21.2. The van der Waals surface area contributed by atoms with E-state index < -0.39 is 0 Å². The molecule has 0 bridgehead atoms. The maximum absolute atomic E-state index is 5.68. The fourth-order valence-electron chi connectivity index (χ4n) is 3.38. The van der Waals surface area contributed by atoms with Gasteiger partial charge < -0.3 is 37.6 Å². The lowest BCUT2D eigenvalue weighted by Crippen LogP contribution is -2.12. The Morgan fingerprint density at radius 1 is 0.583 bits per heavy atom. The zero-order chi connectivity index (χ0) is 25.3. The third-order valence-electron chi connectivity index (χ3n) is 5.20. The van der Waals surface area contributed by atoms with Crippen molar-refractivity contribution in [1.82, 2.24) is 24.1 Å². The van der Waals surface area contributed by atoms with Crippen LogP contribution < -0.4 is 0 Å². The molecule has 3 aromatic heterocycles. The smallest absolute Gasteiger partial charge is 0.158 e. The molecular formula is C25H37N5O6. The standard InChI is InChI=1S/C25H37N5O6/c1-31-14-16-35-20-18-33-12-10-29-8-6-26-24(29)22-4-3-5-23(28-22)25-27-7-9-30(25)11-13-34-19-21-36-17-15-32-2/h3-9H,10-21H2,1-2H3. The molecule has 3 rings (SSSR count). The molecule has 0 unspecified atom stereocenters. The van der Waals surface area contributed by atoms with E-state index in [1.165, 1.54) is 0 Å². The minimum atomic E-state index is 0.536. The molecule has 0 radical (unpaired) electrons. The Labute approximate surface area is 212 Å². The van der Waals surface area contributed by atoms with Crippen LogP contribution in [0.25, 0.3) is 23.0 Å². The average molecular weight is 504 g/mol. The number of rotatable bonds is 20. The first-order chi connectivity index (χ1) is 17.8. The molecule has 0 aliphatic heterocycles. The highest BCUT2D eigenvalue weighted by Gasteiger charge is 2.12. The summed E-state index contributed by atoms with van der Waals surface area (Å²) in [7, 11) is 3.31. The molecule has 0 fully saturated rings. The quantitative estimate of drug-likeness (QED) is 0.215. The summed E-state index contributed by atoms with van der Waals surface area (Å²) < 4.78 is 36.2. The van der Waals surface area contributed by atoms with E-state index in [2.05, 4.69) is 9.97 Å². The van der Waals surface area contributed by atoms with Crippen molar-refractivity contribution < 1.29 is 28.4 Å². The van der Waals surface area contributed by atoms with Gasteiger partial charge in [0.15, 0.2) is 11.6 Å². The van der Waals surface area contributed by atoms with Crippen LogP contribution in [0.15, 0.2) is 43.0 Å². The Kier molecular flexibility index (Phi) is 13.1. The van der Waals surface area contributed by atoms with E-state index in [1.54, 1.807) is 26.6 Å². The summed E-state index contributed by atoms with van der Waals surface area (Å²) in [6.45, 7) is 6.92. The predicted molar refractivity (Wildman–Crippen MR) is 134 cm³/mol. The van der Waals surface area contributed by atoms with Crippen LogP contribution >= 0.6 is 0 Å². The van der Waals surface area contributed by atoms with Crippen LogP contribution in [0.2, 0.25) is 0 Å². The van der Waals surface area contributed by atoms with Gasteiger partial charge in [-0.25, -0.2) is 15.0 Å². The zero-order valence-electron chi connectivity index (χ0n) is 21.2. The molecule has 3 heterocycles. The number of hydrogen-bond acceptors (Lipinski definition) is 9. The van der Waals surface area contributed by atoms with E-state index in [0.29, 0.717) is 79.2 Å². The van der Waals surface area contributed by atoms with Gasteiger partial charge in [0.05, 0.1) is 66.1 Å². The number of ether oxygens (including phenoxy) is 6. The Balaban J connectivity index is 1.49. The van der Waals surface area contributed by atoms with Crippen molar-refractivity contribution >= 4 is 0 Å². The topological polar surface area (TPSA) is 104 Å². The highest BCUT2D eigenvalue weighted by atomic mass is 16.5. The highest BCUT2D eigenvalue weighted by molar-refractivity contribution is 5.58. The van der Waals surface area contributed by atoms with Crippen LogP contribution in [0, 0.1) is 0 Å². The summed E-state index contributed by atoms with van der Waals surface area (Å²) in [5, 5.41) is 0. The number of hydrogen-bond donors (Lipinski definition) is 0. The van der Waals surface area contributed by atoms with E-state index in [9.17, 15) is 0 Å². The van der Waals surface area contributed by atoms with Crippen molar-refractivity contribution in [3.63, 3.8) is 0 Å². The fourth-order valence-corrected chi connectivity index (χ4v) is 3.38. The Bertz CT molecular complexity index is 906. The van der Waals surface area contributed by atoms with Crippen LogP contribution in [0.4, 0.5) is 0 Å². The van der Waals surface area contributed by atoms with Crippen molar-refractivity contribution in [2.24, 2.45) is 0 Å². The second-order valence-corrected chi connectivity index (χ2v) is 7.73. The van der Waals surface area contributed by atoms with Crippen LogP contribution in [0.3, 0.4) is 0 Å². The van der Waals surface area contributed by atoms with Gasteiger partial charge in [0.2, 0.25) is 0 Å². The summed E-state index contributed by atoms with van der Waals surface area (Å²) >= 11 is 0. The normalized spacial score (nSPS) is 11.4. The van der Waals surface area contributed by atoms with Gasteiger partial charge in [-0.1, -0.05) is 6.07 Å². The molecule has 0 aliphatic rings. The van der Waals surface area contributed by atoms with E-state index in [0.717, 1.165) is 23.0 Å². The first kappa shape index (κ1) is 27.9. The highest BCUT2D eigenvalue weighted by Crippen LogP contribution is 2.21. The maximum Gasteiger partial charge on any atom is 0.158 e. The molecule has 36 heavy (non-hydrogen) atoms. The van der Waals surface area contributed by atoms with E-state index in [4.69, 9.17) is 33.4 Å². The monoisotopic (exact) mass is 503 g/mol. The van der Waals surface area contributed by atoms with Gasteiger partial charge in [-0.3, -0.25) is 0 Å². The molecule has 0 spiro atoms. The third-order valence-corrected chi connectivity index (χ3v) is 5.20. The Morgan fingerprint density at radius 2 is 1.00 bits per heavy atom. The fraction of sp³-hybridized carbons (Fsp3) is 0.560. The SMILES string of the molecule is COCCOCCOCCn1ccnc1-c1cccc(-c2nccn2CCOCCOCCOC)n1. The molecule has 198 valence electrons.